The highest BCUT2D eigenvalue weighted by Crippen LogP contribution is 2.34. The molecule has 0 unspecified atom stereocenters. The van der Waals surface area contributed by atoms with Crippen LogP contribution >= 0.6 is 0 Å². The van der Waals surface area contributed by atoms with Crippen LogP contribution in [0.1, 0.15) is 29.0 Å². The zero-order chi connectivity index (χ0) is 19.8. The molecule has 1 aliphatic rings. The van der Waals surface area contributed by atoms with Crippen LogP contribution in [0.4, 0.5) is 0 Å². The molecule has 2 heterocycles. The fourth-order valence-electron chi connectivity index (χ4n) is 3.37. The molecule has 6 nitrogen and oxygen atoms in total. The lowest BCUT2D eigenvalue weighted by molar-refractivity contribution is 0.0951. The Morgan fingerprint density at radius 3 is 2.69 bits per heavy atom. The van der Waals surface area contributed by atoms with E-state index in [1.807, 2.05) is 67.7 Å². The normalized spacial score (nSPS) is 13.4. The SMILES string of the molecule is Cc1onc(-c2ccccc2)c1-c1c[nH]c(-c2cccc(C(=O)NC3CC3)c2)n1. The van der Waals surface area contributed by atoms with E-state index in [9.17, 15) is 4.79 Å². The van der Waals surface area contributed by atoms with Crippen molar-refractivity contribution in [3.63, 3.8) is 0 Å². The lowest BCUT2D eigenvalue weighted by atomic mass is 10.0. The van der Waals surface area contributed by atoms with Crippen LogP contribution in [-0.2, 0) is 0 Å². The molecular formula is C23H20N4O2. The van der Waals surface area contributed by atoms with E-state index in [0.29, 0.717) is 23.2 Å². The average Bonchev–Trinajstić information content (AvgIpc) is 3.29. The standard InChI is InChI=1S/C23H20N4O2/c1-14-20(21(27-29-14)15-6-3-2-4-7-15)19-13-24-22(26-19)16-8-5-9-17(12-16)23(28)25-18-10-11-18/h2-9,12-13,18H,10-11H2,1H3,(H,24,26)(H,25,28). The van der Waals surface area contributed by atoms with Crippen LogP contribution in [-0.4, -0.2) is 27.1 Å². The van der Waals surface area contributed by atoms with Gasteiger partial charge in [0.05, 0.1) is 11.3 Å². The quantitative estimate of drug-likeness (QED) is 0.527. The van der Waals surface area contributed by atoms with Crippen molar-refractivity contribution in [2.24, 2.45) is 0 Å². The number of nitrogens with one attached hydrogen (secondary N) is 2. The third-order valence-corrected chi connectivity index (χ3v) is 5.05. The molecule has 0 saturated heterocycles. The number of nitrogens with zero attached hydrogens (tertiary/aromatic N) is 2. The van der Waals surface area contributed by atoms with Gasteiger partial charge in [-0.25, -0.2) is 4.98 Å². The lowest BCUT2D eigenvalue weighted by Gasteiger charge is -2.04. The molecule has 0 spiro atoms. The van der Waals surface area contributed by atoms with E-state index in [0.717, 1.165) is 40.9 Å². The van der Waals surface area contributed by atoms with Gasteiger partial charge in [0.15, 0.2) is 0 Å². The Hall–Kier alpha value is -3.67. The molecule has 144 valence electrons. The molecule has 6 heteroatoms. The highest BCUT2D eigenvalue weighted by atomic mass is 16.5. The van der Waals surface area contributed by atoms with Crippen molar-refractivity contribution in [3.8, 4) is 33.9 Å². The number of carbonyl (C=O) groups is 1. The second-order valence-electron chi connectivity index (χ2n) is 7.29. The van der Waals surface area contributed by atoms with Gasteiger partial charge in [-0.2, -0.15) is 0 Å². The van der Waals surface area contributed by atoms with Crippen molar-refractivity contribution in [2.45, 2.75) is 25.8 Å². The largest absolute Gasteiger partial charge is 0.360 e. The molecule has 0 atom stereocenters. The third kappa shape index (κ3) is 3.45. The summed E-state index contributed by atoms with van der Waals surface area (Å²) in [5.74, 6) is 1.36. The zero-order valence-corrected chi connectivity index (χ0v) is 16.0. The number of benzene rings is 2. The number of imidazole rings is 1. The smallest absolute Gasteiger partial charge is 0.251 e. The van der Waals surface area contributed by atoms with Crippen molar-refractivity contribution in [1.29, 1.82) is 0 Å². The van der Waals surface area contributed by atoms with Gasteiger partial charge in [-0.3, -0.25) is 4.79 Å². The lowest BCUT2D eigenvalue weighted by Crippen LogP contribution is -2.25. The van der Waals surface area contributed by atoms with Crippen LogP contribution in [0.2, 0.25) is 0 Å². The van der Waals surface area contributed by atoms with Crippen molar-refractivity contribution < 1.29 is 9.32 Å². The predicted molar refractivity (Wildman–Crippen MR) is 110 cm³/mol. The van der Waals surface area contributed by atoms with Crippen molar-refractivity contribution in [3.05, 3.63) is 72.1 Å². The first kappa shape index (κ1) is 17.4. The van der Waals surface area contributed by atoms with Gasteiger partial charge in [-0.15, -0.1) is 0 Å². The Kier molecular flexibility index (Phi) is 4.24. The molecule has 1 aliphatic carbocycles. The van der Waals surface area contributed by atoms with Gasteiger partial charge in [0.25, 0.3) is 5.91 Å². The number of aromatic amines is 1. The Bertz CT molecular complexity index is 1170. The first-order valence-electron chi connectivity index (χ1n) is 9.68. The summed E-state index contributed by atoms with van der Waals surface area (Å²) in [7, 11) is 0. The molecule has 1 saturated carbocycles. The predicted octanol–water partition coefficient (Wildman–Crippen LogP) is 4.60. The maximum Gasteiger partial charge on any atom is 0.251 e. The van der Waals surface area contributed by atoms with Crippen molar-refractivity contribution in [1.82, 2.24) is 20.4 Å². The van der Waals surface area contributed by atoms with Gasteiger partial charge < -0.3 is 14.8 Å². The number of carbonyl (C=O) groups excluding carboxylic acids is 1. The highest BCUT2D eigenvalue weighted by molar-refractivity contribution is 5.95. The molecule has 2 aromatic heterocycles. The van der Waals surface area contributed by atoms with Crippen molar-refractivity contribution in [2.75, 3.05) is 0 Å². The number of hydrogen-bond acceptors (Lipinski definition) is 4. The van der Waals surface area contributed by atoms with Gasteiger partial charge in [0, 0.05) is 28.9 Å². The number of amides is 1. The zero-order valence-electron chi connectivity index (χ0n) is 16.0. The molecule has 1 amide bonds. The molecule has 0 aliphatic heterocycles. The minimum Gasteiger partial charge on any atom is -0.360 e. The summed E-state index contributed by atoms with van der Waals surface area (Å²) in [5, 5.41) is 7.25. The Labute approximate surface area is 168 Å². The van der Waals surface area contributed by atoms with Crippen LogP contribution in [0, 0.1) is 6.92 Å². The molecule has 4 aromatic rings. The van der Waals surface area contributed by atoms with Crippen LogP contribution < -0.4 is 5.32 Å². The van der Waals surface area contributed by atoms with E-state index in [-0.39, 0.29) is 5.91 Å². The van der Waals surface area contributed by atoms with E-state index in [1.54, 1.807) is 0 Å². The summed E-state index contributed by atoms with van der Waals surface area (Å²) >= 11 is 0. The Balaban J connectivity index is 1.48. The van der Waals surface area contributed by atoms with Gasteiger partial charge in [-0.1, -0.05) is 47.6 Å². The monoisotopic (exact) mass is 384 g/mol. The Morgan fingerprint density at radius 2 is 1.90 bits per heavy atom. The fraction of sp³-hybridized carbons (Fsp3) is 0.174. The maximum absolute atomic E-state index is 12.4. The summed E-state index contributed by atoms with van der Waals surface area (Å²) in [5.41, 5.74) is 4.85. The summed E-state index contributed by atoms with van der Waals surface area (Å²) < 4.78 is 5.46. The second kappa shape index (κ2) is 7.05. The number of aromatic nitrogens is 3. The first-order chi connectivity index (χ1) is 14.2. The number of H-pyrrole nitrogens is 1. The minimum atomic E-state index is -0.0395. The molecule has 29 heavy (non-hydrogen) atoms. The van der Waals surface area contributed by atoms with Gasteiger partial charge >= 0.3 is 0 Å². The molecule has 2 N–H and O–H groups in total. The fourth-order valence-corrected chi connectivity index (χ4v) is 3.37. The summed E-state index contributed by atoms with van der Waals surface area (Å²) in [4.78, 5) is 20.3. The van der Waals surface area contributed by atoms with E-state index >= 15 is 0 Å². The molecule has 0 radical (unpaired) electrons. The van der Waals surface area contributed by atoms with E-state index in [1.165, 1.54) is 0 Å². The second-order valence-corrected chi connectivity index (χ2v) is 7.29. The topological polar surface area (TPSA) is 83.8 Å². The number of aryl methyl sites for hydroxylation is 1. The molecule has 5 rings (SSSR count). The highest BCUT2D eigenvalue weighted by Gasteiger charge is 2.24. The minimum absolute atomic E-state index is 0.0395. The summed E-state index contributed by atoms with van der Waals surface area (Å²) in [6.45, 7) is 1.88. The Morgan fingerprint density at radius 1 is 1.10 bits per heavy atom. The van der Waals surface area contributed by atoms with E-state index < -0.39 is 0 Å². The van der Waals surface area contributed by atoms with Crippen LogP contribution in [0.25, 0.3) is 33.9 Å². The van der Waals surface area contributed by atoms with Gasteiger partial charge in [0.1, 0.15) is 17.3 Å². The maximum atomic E-state index is 12.4. The molecule has 2 aromatic carbocycles. The van der Waals surface area contributed by atoms with Crippen LogP contribution in [0.3, 0.4) is 0 Å². The number of hydrogen-bond donors (Lipinski definition) is 2. The third-order valence-electron chi connectivity index (χ3n) is 5.05. The van der Waals surface area contributed by atoms with Gasteiger partial charge in [0.2, 0.25) is 0 Å². The molecule has 0 bridgehead atoms. The van der Waals surface area contributed by atoms with E-state index in [4.69, 9.17) is 9.51 Å². The van der Waals surface area contributed by atoms with Crippen molar-refractivity contribution >= 4 is 5.91 Å². The van der Waals surface area contributed by atoms with Crippen LogP contribution in [0.15, 0.2) is 65.3 Å². The molecule has 1 fully saturated rings. The number of rotatable bonds is 5. The average molecular weight is 384 g/mol. The van der Waals surface area contributed by atoms with Crippen LogP contribution in [0.5, 0.6) is 0 Å². The summed E-state index contributed by atoms with van der Waals surface area (Å²) in [6.07, 6.45) is 3.97. The summed E-state index contributed by atoms with van der Waals surface area (Å²) in [6, 6.07) is 17.7. The van der Waals surface area contributed by atoms with Gasteiger partial charge in [-0.05, 0) is 31.9 Å². The first-order valence-corrected chi connectivity index (χ1v) is 9.68. The molecular weight excluding hydrogens is 364 g/mol. The van der Waals surface area contributed by atoms with E-state index in [2.05, 4.69) is 15.5 Å².